The number of nitrogens with zero attached hydrogens (tertiary/aromatic N) is 1. The summed E-state index contributed by atoms with van der Waals surface area (Å²) in [4.78, 5) is 3.71. The molecule has 0 radical (unpaired) electrons. The van der Waals surface area contributed by atoms with Crippen molar-refractivity contribution >= 4 is 21.6 Å². The molecule has 0 saturated heterocycles. The third-order valence-corrected chi connectivity index (χ3v) is 4.23. The monoisotopic (exact) mass is 278 g/mol. The maximum Gasteiger partial charge on any atom is 0.243 e. The smallest absolute Gasteiger partial charge is 0.243 e. The topological polar surface area (TPSA) is 79.3 Å². The van der Waals surface area contributed by atoms with Crippen LogP contribution >= 0.6 is 11.6 Å². The second-order valence-electron chi connectivity index (χ2n) is 3.69. The van der Waals surface area contributed by atoms with E-state index >= 15 is 0 Å². The van der Waals surface area contributed by atoms with E-state index in [2.05, 4.69) is 9.71 Å². The van der Waals surface area contributed by atoms with Gasteiger partial charge in [0.15, 0.2) is 0 Å². The number of rotatable bonds is 6. The van der Waals surface area contributed by atoms with Crippen molar-refractivity contribution in [3.63, 3.8) is 0 Å². The van der Waals surface area contributed by atoms with Crippen LogP contribution in [0.25, 0.3) is 0 Å². The highest BCUT2D eigenvalue weighted by atomic mass is 35.5. The predicted molar refractivity (Wildman–Crippen MR) is 65.4 cm³/mol. The Bertz CT molecular complexity index is 464. The Morgan fingerprint density at radius 2 is 2.29 bits per heavy atom. The van der Waals surface area contributed by atoms with Crippen molar-refractivity contribution in [2.24, 2.45) is 0 Å². The summed E-state index contributed by atoms with van der Waals surface area (Å²) in [6.45, 7) is 1.77. The highest BCUT2D eigenvalue weighted by Crippen LogP contribution is 2.19. The number of halogens is 1. The summed E-state index contributed by atoms with van der Waals surface area (Å²) in [7, 11) is -3.65. The summed E-state index contributed by atoms with van der Waals surface area (Å²) < 4.78 is 26.3. The lowest BCUT2D eigenvalue weighted by molar-refractivity contribution is 0.279. The molecule has 1 atom stereocenters. The second-order valence-corrected chi connectivity index (χ2v) is 5.78. The van der Waals surface area contributed by atoms with Gasteiger partial charge < -0.3 is 5.11 Å². The maximum absolute atomic E-state index is 11.9. The summed E-state index contributed by atoms with van der Waals surface area (Å²) in [5.41, 5.74) is 0. The number of hydrogen-bond acceptors (Lipinski definition) is 4. The highest BCUT2D eigenvalue weighted by Gasteiger charge is 2.20. The lowest BCUT2D eigenvalue weighted by atomic mass is 10.2. The van der Waals surface area contributed by atoms with Gasteiger partial charge in [0.2, 0.25) is 10.0 Å². The SMILES string of the molecule is CC(CCCO)NS(=O)(=O)c1cnccc1Cl. The van der Waals surface area contributed by atoms with E-state index in [4.69, 9.17) is 16.7 Å². The first-order chi connectivity index (χ1) is 7.97. The average Bonchev–Trinajstić information content (AvgIpc) is 2.26. The molecule has 17 heavy (non-hydrogen) atoms. The van der Waals surface area contributed by atoms with Crippen molar-refractivity contribution in [1.29, 1.82) is 0 Å². The minimum Gasteiger partial charge on any atom is -0.396 e. The lowest BCUT2D eigenvalue weighted by Crippen LogP contribution is -2.33. The largest absolute Gasteiger partial charge is 0.396 e. The Balaban J connectivity index is 2.79. The van der Waals surface area contributed by atoms with Crippen molar-refractivity contribution in [2.45, 2.75) is 30.7 Å². The van der Waals surface area contributed by atoms with Gasteiger partial charge in [-0.2, -0.15) is 0 Å². The number of aromatic nitrogens is 1. The zero-order valence-corrected chi connectivity index (χ0v) is 11.0. The number of sulfonamides is 1. The minimum atomic E-state index is -3.65. The van der Waals surface area contributed by atoms with Gasteiger partial charge in [0, 0.05) is 25.0 Å². The van der Waals surface area contributed by atoms with Crippen LogP contribution in [0.4, 0.5) is 0 Å². The van der Waals surface area contributed by atoms with Crippen molar-refractivity contribution < 1.29 is 13.5 Å². The van der Waals surface area contributed by atoms with E-state index in [0.717, 1.165) is 0 Å². The van der Waals surface area contributed by atoms with E-state index in [1.165, 1.54) is 18.5 Å². The van der Waals surface area contributed by atoms with E-state index < -0.39 is 10.0 Å². The zero-order valence-electron chi connectivity index (χ0n) is 9.43. The van der Waals surface area contributed by atoms with Gasteiger partial charge in [0.05, 0.1) is 5.02 Å². The normalized spacial score (nSPS) is 13.6. The molecular weight excluding hydrogens is 264 g/mol. The standard InChI is InChI=1S/C10H15ClN2O3S/c1-8(3-2-6-14)13-17(15,16)10-7-12-5-4-9(10)11/h4-5,7-8,13-14H,2-3,6H2,1H3. The van der Waals surface area contributed by atoms with Crippen LogP contribution in [-0.2, 0) is 10.0 Å². The Morgan fingerprint density at radius 1 is 1.59 bits per heavy atom. The first-order valence-corrected chi connectivity index (χ1v) is 7.06. The zero-order chi connectivity index (χ0) is 12.9. The molecule has 7 heteroatoms. The summed E-state index contributed by atoms with van der Waals surface area (Å²) in [5.74, 6) is 0. The molecule has 0 aliphatic heterocycles. The van der Waals surface area contributed by atoms with Crippen molar-refractivity contribution in [3.05, 3.63) is 23.5 Å². The summed E-state index contributed by atoms with van der Waals surface area (Å²) in [6, 6.07) is 1.16. The third kappa shape index (κ3) is 4.23. The third-order valence-electron chi connectivity index (χ3n) is 2.18. The molecule has 0 fully saturated rings. The fourth-order valence-corrected chi connectivity index (χ4v) is 3.05. The fraction of sp³-hybridized carbons (Fsp3) is 0.500. The molecule has 0 amide bonds. The molecule has 2 N–H and O–H groups in total. The van der Waals surface area contributed by atoms with E-state index in [1.54, 1.807) is 6.92 Å². The van der Waals surface area contributed by atoms with Crippen LogP contribution in [0, 0.1) is 0 Å². The van der Waals surface area contributed by atoms with Gasteiger partial charge >= 0.3 is 0 Å². The molecule has 0 saturated carbocycles. The molecule has 1 aromatic heterocycles. The minimum absolute atomic E-state index is 0.0301. The molecule has 1 unspecified atom stereocenters. The number of hydrogen-bond donors (Lipinski definition) is 2. The maximum atomic E-state index is 11.9. The molecule has 1 rings (SSSR count). The number of aliphatic hydroxyl groups excluding tert-OH is 1. The van der Waals surface area contributed by atoms with Crippen LogP contribution in [0.15, 0.2) is 23.4 Å². The van der Waals surface area contributed by atoms with Crippen LogP contribution in [0.2, 0.25) is 5.02 Å². The molecule has 0 aliphatic rings. The van der Waals surface area contributed by atoms with Gasteiger partial charge in [-0.15, -0.1) is 0 Å². The average molecular weight is 279 g/mol. The Morgan fingerprint density at radius 3 is 2.88 bits per heavy atom. The number of aliphatic hydroxyl groups is 1. The summed E-state index contributed by atoms with van der Waals surface area (Å²) in [6.07, 6.45) is 3.75. The number of nitrogens with one attached hydrogen (secondary N) is 1. The fourth-order valence-electron chi connectivity index (χ4n) is 1.35. The van der Waals surface area contributed by atoms with Crippen molar-refractivity contribution in [3.8, 4) is 0 Å². The van der Waals surface area contributed by atoms with E-state index in [9.17, 15) is 8.42 Å². The molecule has 1 heterocycles. The van der Waals surface area contributed by atoms with Crippen LogP contribution in [-0.4, -0.2) is 31.2 Å². The quantitative estimate of drug-likeness (QED) is 0.819. The molecule has 0 aromatic carbocycles. The second kappa shape index (κ2) is 6.30. The molecule has 0 spiro atoms. The molecule has 0 aliphatic carbocycles. The van der Waals surface area contributed by atoms with Gasteiger partial charge in [-0.1, -0.05) is 11.6 Å². The molecule has 5 nitrogen and oxygen atoms in total. The summed E-state index contributed by atoms with van der Waals surface area (Å²) >= 11 is 5.80. The van der Waals surface area contributed by atoms with Crippen molar-refractivity contribution in [2.75, 3.05) is 6.61 Å². The van der Waals surface area contributed by atoms with E-state index in [1.807, 2.05) is 0 Å². The lowest BCUT2D eigenvalue weighted by Gasteiger charge is -2.13. The van der Waals surface area contributed by atoms with Gasteiger partial charge in [-0.05, 0) is 25.8 Å². The number of pyridine rings is 1. The predicted octanol–water partition coefficient (Wildman–Crippen LogP) is 1.17. The van der Waals surface area contributed by atoms with Crippen LogP contribution in [0.1, 0.15) is 19.8 Å². The van der Waals surface area contributed by atoms with Gasteiger partial charge in [-0.25, -0.2) is 13.1 Å². The molecule has 96 valence electrons. The Labute approximate surface area is 106 Å². The Kier molecular flexibility index (Phi) is 5.32. The summed E-state index contributed by atoms with van der Waals surface area (Å²) in [5, 5.41) is 8.81. The van der Waals surface area contributed by atoms with Crippen LogP contribution in [0.3, 0.4) is 0 Å². The highest BCUT2D eigenvalue weighted by molar-refractivity contribution is 7.89. The first kappa shape index (κ1) is 14.4. The van der Waals surface area contributed by atoms with Crippen LogP contribution in [0.5, 0.6) is 0 Å². The van der Waals surface area contributed by atoms with Crippen molar-refractivity contribution in [1.82, 2.24) is 9.71 Å². The molecular formula is C10H15ClN2O3S. The van der Waals surface area contributed by atoms with Gasteiger partial charge in [0.1, 0.15) is 4.90 Å². The first-order valence-electron chi connectivity index (χ1n) is 5.20. The Hall–Kier alpha value is -0.690. The van der Waals surface area contributed by atoms with Gasteiger partial charge in [0.25, 0.3) is 0 Å². The van der Waals surface area contributed by atoms with Crippen LogP contribution < -0.4 is 4.72 Å². The molecule has 0 bridgehead atoms. The van der Waals surface area contributed by atoms with Gasteiger partial charge in [-0.3, -0.25) is 4.98 Å². The van der Waals surface area contributed by atoms with E-state index in [0.29, 0.717) is 12.8 Å². The molecule has 1 aromatic rings. The van der Waals surface area contributed by atoms with E-state index in [-0.39, 0.29) is 22.6 Å².